The second-order valence-electron chi connectivity index (χ2n) is 3.13. The topological polar surface area (TPSA) is 26.3 Å². The van der Waals surface area contributed by atoms with Crippen molar-refractivity contribution in [3.63, 3.8) is 0 Å². The van der Waals surface area contributed by atoms with Gasteiger partial charge in [-0.15, -0.1) is 0 Å². The maximum absolute atomic E-state index is 12.8. The number of hydrogen-bond acceptors (Lipinski definition) is 2. The first-order valence-electron chi connectivity index (χ1n) is 4.38. The van der Waals surface area contributed by atoms with Crippen LogP contribution in [-0.2, 0) is 22.1 Å². The van der Waals surface area contributed by atoms with Gasteiger partial charge in [-0.2, -0.15) is 13.2 Å². The number of halogens is 5. The molecule has 0 saturated heterocycles. The number of esters is 1. The zero-order valence-electron chi connectivity index (χ0n) is 8.57. The zero-order chi connectivity index (χ0) is 13.2. The summed E-state index contributed by atoms with van der Waals surface area (Å²) >= 11 is 8.48. The fourth-order valence-corrected chi connectivity index (χ4v) is 2.11. The second-order valence-corrected chi connectivity index (χ2v) is 4.39. The van der Waals surface area contributed by atoms with Gasteiger partial charge in [0.05, 0.1) is 19.1 Å². The molecule has 0 aliphatic rings. The number of methoxy groups -OCH3 is 1. The van der Waals surface area contributed by atoms with Crippen LogP contribution >= 0.6 is 27.5 Å². The van der Waals surface area contributed by atoms with E-state index in [4.69, 9.17) is 11.6 Å². The predicted octanol–water partition coefficient (Wildman–Crippen LogP) is 3.84. The van der Waals surface area contributed by atoms with Gasteiger partial charge in [0.25, 0.3) is 0 Å². The summed E-state index contributed by atoms with van der Waals surface area (Å²) in [7, 11) is 1.10. The molecule has 1 rings (SSSR count). The molecule has 0 amide bonds. The van der Waals surface area contributed by atoms with Crippen LogP contribution in [0.1, 0.15) is 11.1 Å². The summed E-state index contributed by atoms with van der Waals surface area (Å²) < 4.78 is 42.6. The van der Waals surface area contributed by atoms with Crippen LogP contribution in [0.3, 0.4) is 0 Å². The molecule has 1 aromatic carbocycles. The molecule has 0 heterocycles. The normalized spacial score (nSPS) is 11.4. The van der Waals surface area contributed by atoms with Crippen LogP contribution in [0, 0.1) is 0 Å². The average Bonchev–Trinajstić information content (AvgIpc) is 2.21. The highest BCUT2D eigenvalue weighted by molar-refractivity contribution is 9.10. The summed E-state index contributed by atoms with van der Waals surface area (Å²) in [4.78, 5) is 11.1. The van der Waals surface area contributed by atoms with E-state index in [-0.39, 0.29) is 15.1 Å². The van der Waals surface area contributed by atoms with Crippen molar-refractivity contribution in [2.45, 2.75) is 12.6 Å². The van der Waals surface area contributed by atoms with E-state index in [9.17, 15) is 18.0 Å². The van der Waals surface area contributed by atoms with Crippen molar-refractivity contribution in [3.8, 4) is 0 Å². The Morgan fingerprint density at radius 1 is 1.47 bits per heavy atom. The molecule has 0 fully saturated rings. The molecule has 0 aromatic heterocycles. The van der Waals surface area contributed by atoms with Crippen LogP contribution in [0.15, 0.2) is 16.6 Å². The minimum atomic E-state index is -4.59. The molecule has 0 atom stereocenters. The third-order valence-electron chi connectivity index (χ3n) is 2.04. The Bertz CT molecular complexity index is 446. The van der Waals surface area contributed by atoms with Gasteiger partial charge in [0.1, 0.15) is 0 Å². The van der Waals surface area contributed by atoms with E-state index in [1.54, 1.807) is 0 Å². The molecule has 0 spiro atoms. The third-order valence-corrected chi connectivity index (χ3v) is 3.05. The van der Waals surface area contributed by atoms with Gasteiger partial charge in [0.15, 0.2) is 0 Å². The van der Waals surface area contributed by atoms with Crippen molar-refractivity contribution in [1.29, 1.82) is 0 Å². The Labute approximate surface area is 109 Å². The second kappa shape index (κ2) is 5.27. The Balaban J connectivity index is 3.35. The van der Waals surface area contributed by atoms with Gasteiger partial charge in [-0.3, -0.25) is 4.79 Å². The van der Waals surface area contributed by atoms with E-state index in [1.807, 2.05) is 0 Å². The van der Waals surface area contributed by atoms with Crippen LogP contribution < -0.4 is 0 Å². The minimum Gasteiger partial charge on any atom is -0.469 e. The Morgan fingerprint density at radius 3 is 2.53 bits per heavy atom. The number of carbonyl (C=O) groups excluding carboxylic acids is 1. The lowest BCUT2D eigenvalue weighted by Crippen LogP contribution is -2.14. The Kier molecular flexibility index (Phi) is 4.43. The molecular weight excluding hydrogens is 324 g/mol. The van der Waals surface area contributed by atoms with E-state index >= 15 is 0 Å². The monoisotopic (exact) mass is 330 g/mol. The summed E-state index contributed by atoms with van der Waals surface area (Å²) in [5.74, 6) is -0.782. The van der Waals surface area contributed by atoms with Crippen LogP contribution in [0.4, 0.5) is 13.2 Å². The summed E-state index contributed by atoms with van der Waals surface area (Å²) in [5, 5.41) is -0.120. The molecule has 2 nitrogen and oxygen atoms in total. The molecule has 94 valence electrons. The fourth-order valence-electron chi connectivity index (χ4n) is 1.29. The van der Waals surface area contributed by atoms with Gasteiger partial charge >= 0.3 is 12.1 Å². The Morgan fingerprint density at radius 2 is 2.06 bits per heavy atom. The third kappa shape index (κ3) is 3.35. The van der Waals surface area contributed by atoms with Crippen molar-refractivity contribution in [3.05, 3.63) is 32.8 Å². The quantitative estimate of drug-likeness (QED) is 0.770. The lowest BCUT2D eigenvalue weighted by atomic mass is 10.0. The number of alkyl halides is 3. The number of hydrogen-bond donors (Lipinski definition) is 0. The van der Waals surface area contributed by atoms with Crippen molar-refractivity contribution in [1.82, 2.24) is 0 Å². The van der Waals surface area contributed by atoms with E-state index in [1.165, 1.54) is 12.1 Å². The predicted molar refractivity (Wildman–Crippen MR) is 59.9 cm³/mol. The average molecular weight is 332 g/mol. The largest absolute Gasteiger partial charge is 0.469 e. The van der Waals surface area contributed by atoms with Crippen LogP contribution in [0.2, 0.25) is 5.02 Å². The van der Waals surface area contributed by atoms with Gasteiger partial charge in [-0.1, -0.05) is 27.5 Å². The number of benzene rings is 1. The highest BCUT2D eigenvalue weighted by atomic mass is 79.9. The van der Waals surface area contributed by atoms with Crippen LogP contribution in [0.25, 0.3) is 0 Å². The molecule has 1 aromatic rings. The Hall–Kier alpha value is -0.750. The molecule has 0 unspecified atom stereocenters. The summed E-state index contributed by atoms with van der Waals surface area (Å²) in [6.07, 6.45) is -5.11. The van der Waals surface area contributed by atoms with E-state index in [2.05, 4.69) is 20.7 Å². The lowest BCUT2D eigenvalue weighted by molar-refractivity contribution is -0.141. The molecule has 7 heteroatoms. The van der Waals surface area contributed by atoms with Crippen molar-refractivity contribution < 1.29 is 22.7 Å². The highest BCUT2D eigenvalue weighted by Gasteiger charge is 2.37. The van der Waals surface area contributed by atoms with E-state index in [0.717, 1.165) is 7.11 Å². The SMILES string of the molecule is COC(=O)Cc1c(Cl)ccc(Br)c1C(F)(F)F. The first-order valence-corrected chi connectivity index (χ1v) is 5.55. The van der Waals surface area contributed by atoms with Crippen LogP contribution in [-0.4, -0.2) is 13.1 Å². The van der Waals surface area contributed by atoms with E-state index in [0.29, 0.717) is 0 Å². The minimum absolute atomic E-state index is 0.120. The first-order chi connectivity index (χ1) is 7.77. The van der Waals surface area contributed by atoms with Crippen molar-refractivity contribution >= 4 is 33.5 Å². The van der Waals surface area contributed by atoms with Crippen molar-refractivity contribution in [2.75, 3.05) is 7.11 Å². The molecule has 0 radical (unpaired) electrons. The number of carbonyl (C=O) groups is 1. The van der Waals surface area contributed by atoms with Gasteiger partial charge in [-0.05, 0) is 17.7 Å². The number of rotatable bonds is 2. The molecular formula is C10H7BrClF3O2. The van der Waals surface area contributed by atoms with Gasteiger partial charge in [0, 0.05) is 9.50 Å². The maximum atomic E-state index is 12.8. The summed E-state index contributed by atoms with van der Waals surface area (Å²) in [6.45, 7) is 0. The fraction of sp³-hybridized carbons (Fsp3) is 0.300. The summed E-state index contributed by atoms with van der Waals surface area (Å²) in [5.41, 5.74) is -1.24. The zero-order valence-corrected chi connectivity index (χ0v) is 10.9. The lowest BCUT2D eigenvalue weighted by Gasteiger charge is -2.15. The smallest absolute Gasteiger partial charge is 0.417 e. The maximum Gasteiger partial charge on any atom is 0.417 e. The molecule has 17 heavy (non-hydrogen) atoms. The number of ether oxygens (including phenoxy) is 1. The van der Waals surface area contributed by atoms with Gasteiger partial charge in [0.2, 0.25) is 0 Å². The van der Waals surface area contributed by atoms with Gasteiger partial charge < -0.3 is 4.74 Å². The molecule has 0 saturated carbocycles. The molecule has 0 aliphatic heterocycles. The van der Waals surface area contributed by atoms with Crippen molar-refractivity contribution in [2.24, 2.45) is 0 Å². The first kappa shape index (κ1) is 14.3. The standard InChI is InChI=1S/C10H7BrClF3O2/c1-17-8(16)4-5-7(12)3-2-6(11)9(5)10(13,14)15/h2-3H,4H2,1H3. The van der Waals surface area contributed by atoms with Crippen LogP contribution in [0.5, 0.6) is 0 Å². The molecule has 0 bridgehead atoms. The highest BCUT2D eigenvalue weighted by Crippen LogP contribution is 2.40. The summed E-state index contributed by atoms with van der Waals surface area (Å²) in [6, 6.07) is 2.48. The van der Waals surface area contributed by atoms with Gasteiger partial charge in [-0.25, -0.2) is 0 Å². The van der Waals surface area contributed by atoms with E-state index < -0.39 is 24.1 Å². The molecule has 0 N–H and O–H groups in total. The molecule has 0 aliphatic carbocycles.